The molecule has 0 spiro atoms. The van der Waals surface area contributed by atoms with Gasteiger partial charge in [0, 0.05) is 11.6 Å². The highest BCUT2D eigenvalue weighted by Gasteiger charge is 2.27. The van der Waals surface area contributed by atoms with Gasteiger partial charge in [0.25, 0.3) is 5.69 Å². The number of carbonyl (C=O) groups is 1. The number of aryl methyl sites for hydroxylation is 1. The Morgan fingerprint density at radius 3 is 2.95 bits per heavy atom. The summed E-state index contributed by atoms with van der Waals surface area (Å²) in [6, 6.07) is 4.04. The normalized spacial score (nSPS) is 16.4. The molecule has 2 N–H and O–H groups in total. The maximum atomic E-state index is 11.2. The first-order valence-electron chi connectivity index (χ1n) is 6.22. The third-order valence-corrected chi connectivity index (χ3v) is 3.33. The summed E-state index contributed by atoms with van der Waals surface area (Å²) in [5, 5.41) is 33.7. The minimum atomic E-state index is -1.17. The Bertz CT molecular complexity index is 812. The van der Waals surface area contributed by atoms with Crippen LogP contribution in [0.1, 0.15) is 17.2 Å². The maximum absolute atomic E-state index is 11.2. The molecule has 0 radical (unpaired) electrons. The second-order valence-electron chi connectivity index (χ2n) is 4.71. The molecule has 0 amide bonds. The molecule has 112 valence electrons. The lowest BCUT2D eigenvalue weighted by Gasteiger charge is -2.21. The number of carboxylic acids is 1. The van der Waals surface area contributed by atoms with Gasteiger partial charge in [-0.05, 0) is 29.0 Å². The zero-order valence-corrected chi connectivity index (χ0v) is 11.3. The van der Waals surface area contributed by atoms with E-state index in [1.54, 1.807) is 19.1 Å². The lowest BCUT2D eigenvalue weighted by Crippen LogP contribution is -2.24. The predicted octanol–water partition coefficient (Wildman–Crippen LogP) is 0.873. The van der Waals surface area contributed by atoms with Gasteiger partial charge in [0.1, 0.15) is 11.7 Å². The largest absolute Gasteiger partial charge is 0.477 e. The van der Waals surface area contributed by atoms with Gasteiger partial charge in [-0.3, -0.25) is 10.1 Å². The number of aromatic nitrogens is 4. The summed E-state index contributed by atoms with van der Waals surface area (Å²) in [5.74, 6) is -1.01. The lowest BCUT2D eigenvalue weighted by atomic mass is 10.0. The van der Waals surface area contributed by atoms with Crippen molar-refractivity contribution in [3.63, 3.8) is 0 Å². The number of fused-ring (bicyclic) bond motifs is 1. The number of rotatable bonds is 3. The standard InChI is InChI=1S/C12H10N6O4/c1-6-2-3-7(4-9(6)18(21)22)10-5-8(11(19)20)13-12-14-15-16-17(10)12/h2-5,10H,1H3,(H,19,20)(H,13,14,16)/t10-/m0/s1. The first-order valence-corrected chi connectivity index (χ1v) is 6.22. The maximum Gasteiger partial charge on any atom is 0.352 e. The van der Waals surface area contributed by atoms with Crippen LogP contribution in [0.15, 0.2) is 30.0 Å². The van der Waals surface area contributed by atoms with E-state index in [0.717, 1.165) is 0 Å². The molecule has 0 saturated carbocycles. The Balaban J connectivity index is 2.13. The second kappa shape index (κ2) is 4.91. The second-order valence-corrected chi connectivity index (χ2v) is 4.71. The van der Waals surface area contributed by atoms with Gasteiger partial charge in [0.05, 0.1) is 4.92 Å². The number of carboxylic acid groups (broad SMARTS) is 1. The van der Waals surface area contributed by atoms with Crippen LogP contribution in [-0.2, 0) is 4.79 Å². The van der Waals surface area contributed by atoms with Crippen LogP contribution in [-0.4, -0.2) is 36.2 Å². The van der Waals surface area contributed by atoms with Crippen molar-refractivity contribution >= 4 is 17.6 Å². The highest BCUT2D eigenvalue weighted by atomic mass is 16.6. The van der Waals surface area contributed by atoms with Crippen molar-refractivity contribution in [1.29, 1.82) is 0 Å². The van der Waals surface area contributed by atoms with Crippen molar-refractivity contribution in [2.75, 3.05) is 5.32 Å². The van der Waals surface area contributed by atoms with Crippen LogP contribution in [0.3, 0.4) is 0 Å². The van der Waals surface area contributed by atoms with Crippen LogP contribution in [0.4, 0.5) is 11.6 Å². The minimum Gasteiger partial charge on any atom is -0.477 e. The van der Waals surface area contributed by atoms with Crippen molar-refractivity contribution in [2.24, 2.45) is 0 Å². The number of aliphatic carboxylic acids is 1. The summed E-state index contributed by atoms with van der Waals surface area (Å²) in [5.41, 5.74) is 0.902. The van der Waals surface area contributed by atoms with E-state index in [0.29, 0.717) is 11.1 Å². The number of benzene rings is 1. The Hall–Kier alpha value is -3.30. The Labute approximate surface area is 123 Å². The van der Waals surface area contributed by atoms with Crippen LogP contribution >= 0.6 is 0 Å². The number of hydrogen-bond acceptors (Lipinski definition) is 7. The zero-order chi connectivity index (χ0) is 15.9. The van der Waals surface area contributed by atoms with Gasteiger partial charge >= 0.3 is 5.97 Å². The molecular formula is C12H10N6O4. The van der Waals surface area contributed by atoms with Gasteiger partial charge in [0.15, 0.2) is 0 Å². The quantitative estimate of drug-likeness (QED) is 0.629. The van der Waals surface area contributed by atoms with Crippen LogP contribution in [0, 0.1) is 17.0 Å². The molecule has 10 heteroatoms. The van der Waals surface area contributed by atoms with Crippen molar-refractivity contribution in [3.05, 3.63) is 51.2 Å². The number of nitro benzene ring substituents is 1. The number of nitro groups is 1. The molecular weight excluding hydrogens is 292 g/mol. The van der Waals surface area contributed by atoms with Gasteiger partial charge in [-0.25, -0.2) is 4.79 Å². The minimum absolute atomic E-state index is 0.0454. The van der Waals surface area contributed by atoms with Gasteiger partial charge < -0.3 is 10.4 Å². The summed E-state index contributed by atoms with van der Waals surface area (Å²) in [4.78, 5) is 21.8. The van der Waals surface area contributed by atoms with Crippen molar-refractivity contribution in [1.82, 2.24) is 20.2 Å². The Morgan fingerprint density at radius 1 is 1.50 bits per heavy atom. The molecule has 0 fully saturated rings. The van der Waals surface area contributed by atoms with E-state index in [-0.39, 0.29) is 17.3 Å². The van der Waals surface area contributed by atoms with Crippen molar-refractivity contribution in [3.8, 4) is 0 Å². The number of anilines is 1. The summed E-state index contributed by atoms with van der Waals surface area (Å²) in [6.45, 7) is 1.63. The number of allylic oxidation sites excluding steroid dienone is 1. The smallest absolute Gasteiger partial charge is 0.352 e. The summed E-state index contributed by atoms with van der Waals surface area (Å²) in [7, 11) is 0. The molecule has 1 aromatic heterocycles. The molecule has 0 aliphatic carbocycles. The molecule has 10 nitrogen and oxygen atoms in total. The number of nitrogens with zero attached hydrogens (tertiary/aromatic N) is 5. The highest BCUT2D eigenvalue weighted by Crippen LogP contribution is 2.30. The van der Waals surface area contributed by atoms with Gasteiger partial charge in [0.2, 0.25) is 5.95 Å². The van der Waals surface area contributed by atoms with Crippen LogP contribution in [0.2, 0.25) is 0 Å². The molecule has 1 aliphatic rings. The fraction of sp³-hybridized carbons (Fsp3) is 0.167. The first kappa shape index (κ1) is 13.7. The van der Waals surface area contributed by atoms with Crippen LogP contribution in [0.25, 0.3) is 0 Å². The molecule has 0 unspecified atom stereocenters. The third-order valence-electron chi connectivity index (χ3n) is 3.33. The zero-order valence-electron chi connectivity index (χ0n) is 11.3. The average molecular weight is 302 g/mol. The van der Waals surface area contributed by atoms with E-state index in [2.05, 4.69) is 20.8 Å². The molecule has 1 atom stereocenters. The monoisotopic (exact) mass is 302 g/mol. The predicted molar refractivity (Wildman–Crippen MR) is 73.1 cm³/mol. The number of hydrogen-bond donors (Lipinski definition) is 2. The summed E-state index contributed by atoms with van der Waals surface area (Å²) >= 11 is 0. The fourth-order valence-corrected chi connectivity index (χ4v) is 2.22. The van der Waals surface area contributed by atoms with E-state index >= 15 is 0 Å². The number of tetrazole rings is 1. The van der Waals surface area contributed by atoms with Crippen LogP contribution < -0.4 is 5.32 Å². The van der Waals surface area contributed by atoms with E-state index in [9.17, 15) is 14.9 Å². The Kier molecular flexibility index (Phi) is 3.05. The molecule has 2 aromatic rings. The van der Waals surface area contributed by atoms with Gasteiger partial charge in [-0.1, -0.05) is 17.2 Å². The summed E-state index contributed by atoms with van der Waals surface area (Å²) in [6.07, 6.45) is 1.40. The van der Waals surface area contributed by atoms with Gasteiger partial charge in [-0.15, -0.1) is 0 Å². The Morgan fingerprint density at radius 2 is 2.27 bits per heavy atom. The van der Waals surface area contributed by atoms with E-state index in [4.69, 9.17) is 5.11 Å². The molecule has 0 saturated heterocycles. The van der Waals surface area contributed by atoms with Crippen molar-refractivity contribution in [2.45, 2.75) is 13.0 Å². The van der Waals surface area contributed by atoms with E-state index in [1.807, 2.05) is 0 Å². The highest BCUT2D eigenvalue weighted by molar-refractivity contribution is 5.90. The fourth-order valence-electron chi connectivity index (χ4n) is 2.22. The molecule has 0 bridgehead atoms. The molecule has 1 aromatic carbocycles. The first-order chi connectivity index (χ1) is 10.5. The van der Waals surface area contributed by atoms with E-state index in [1.165, 1.54) is 16.8 Å². The summed E-state index contributed by atoms with van der Waals surface area (Å²) < 4.78 is 1.36. The van der Waals surface area contributed by atoms with Crippen molar-refractivity contribution < 1.29 is 14.8 Å². The lowest BCUT2D eigenvalue weighted by molar-refractivity contribution is -0.385. The topological polar surface area (TPSA) is 136 Å². The molecule has 22 heavy (non-hydrogen) atoms. The van der Waals surface area contributed by atoms with E-state index < -0.39 is 16.9 Å². The van der Waals surface area contributed by atoms with Crippen LogP contribution in [0.5, 0.6) is 0 Å². The third kappa shape index (κ3) is 2.16. The SMILES string of the molecule is Cc1ccc([C@@H]2C=C(C(=O)O)Nc3nnnn32)cc1[N+](=O)[O-]. The van der Waals surface area contributed by atoms with Gasteiger partial charge in [-0.2, -0.15) is 4.68 Å². The average Bonchev–Trinajstić information content (AvgIpc) is 2.94. The number of nitrogens with one attached hydrogen (secondary N) is 1. The molecule has 1 aliphatic heterocycles. The molecule has 3 rings (SSSR count). The molecule has 2 heterocycles.